The average molecular weight is 365 g/mol. The van der Waals surface area contributed by atoms with Crippen molar-refractivity contribution in [3.8, 4) is 0 Å². The number of H-pyrrole nitrogens is 1. The van der Waals surface area contributed by atoms with E-state index in [-0.39, 0.29) is 30.2 Å². The Hall–Kier alpha value is -1.93. The third-order valence-corrected chi connectivity index (χ3v) is 4.82. The predicted octanol–water partition coefficient (Wildman–Crippen LogP) is 0.684. The highest BCUT2D eigenvalue weighted by Gasteiger charge is 2.29. The number of hydrogen-bond acceptors (Lipinski definition) is 6. The molecule has 2 rings (SSSR count). The average Bonchev–Trinajstić information content (AvgIpc) is 3.09. The zero-order valence-electron chi connectivity index (χ0n) is 16.5. The molecule has 8 nitrogen and oxygen atoms in total. The van der Waals surface area contributed by atoms with Crippen molar-refractivity contribution in [3.63, 3.8) is 0 Å². The number of aromatic nitrogens is 2. The van der Waals surface area contributed by atoms with Crippen molar-refractivity contribution in [2.75, 3.05) is 45.7 Å². The molecule has 1 aromatic rings. The number of ether oxygens (including phenoxy) is 1. The molecule has 0 unspecified atom stereocenters. The van der Waals surface area contributed by atoms with Gasteiger partial charge in [-0.25, -0.2) is 4.98 Å². The Morgan fingerprint density at radius 3 is 2.85 bits per heavy atom. The summed E-state index contributed by atoms with van der Waals surface area (Å²) in [4.78, 5) is 37.1. The molecule has 0 saturated carbocycles. The topological polar surface area (TPSA) is 81.8 Å². The van der Waals surface area contributed by atoms with Gasteiger partial charge in [-0.3, -0.25) is 19.5 Å². The molecule has 1 saturated heterocycles. The van der Waals surface area contributed by atoms with Gasteiger partial charge < -0.3 is 14.5 Å². The van der Waals surface area contributed by atoms with Crippen LogP contribution in [0.4, 0.5) is 5.95 Å². The van der Waals surface area contributed by atoms with Crippen LogP contribution in [0.15, 0.2) is 10.9 Å². The molecular weight excluding hydrogens is 334 g/mol. The van der Waals surface area contributed by atoms with Gasteiger partial charge in [0.05, 0.1) is 11.8 Å². The van der Waals surface area contributed by atoms with E-state index in [4.69, 9.17) is 4.74 Å². The van der Waals surface area contributed by atoms with Crippen LogP contribution in [0.5, 0.6) is 0 Å². The van der Waals surface area contributed by atoms with E-state index < -0.39 is 0 Å². The van der Waals surface area contributed by atoms with Gasteiger partial charge in [-0.15, -0.1) is 0 Å². The number of aromatic amines is 1. The molecular formula is C18H31N5O3. The molecule has 1 aromatic heterocycles. The summed E-state index contributed by atoms with van der Waals surface area (Å²) < 4.78 is 5.55. The molecule has 8 heteroatoms. The lowest BCUT2D eigenvalue weighted by molar-refractivity contribution is -0.137. The molecule has 0 bridgehead atoms. The maximum absolute atomic E-state index is 12.3. The van der Waals surface area contributed by atoms with Crippen LogP contribution in [0.2, 0.25) is 0 Å². The second-order valence-corrected chi connectivity index (χ2v) is 7.18. The van der Waals surface area contributed by atoms with E-state index in [2.05, 4.69) is 14.9 Å². The Bertz CT molecular complexity index is 660. The SMILES string of the molecule is CC[C@H](C)OCC(=O)N1CC[C@H](N(C)Cc2cc(=O)[nH]c(N(C)C)n2)C1. The minimum atomic E-state index is -0.155. The molecule has 1 aliphatic rings. The lowest BCUT2D eigenvalue weighted by Crippen LogP contribution is -2.38. The first-order valence-corrected chi connectivity index (χ1v) is 9.17. The fraction of sp³-hybridized carbons (Fsp3) is 0.722. The third-order valence-electron chi connectivity index (χ3n) is 4.82. The highest BCUT2D eigenvalue weighted by atomic mass is 16.5. The number of likely N-dealkylation sites (tertiary alicyclic amines) is 1. The van der Waals surface area contributed by atoms with Crippen molar-refractivity contribution in [2.45, 2.75) is 45.4 Å². The highest BCUT2D eigenvalue weighted by Crippen LogP contribution is 2.17. The molecule has 0 aliphatic carbocycles. The monoisotopic (exact) mass is 365 g/mol. The maximum atomic E-state index is 12.3. The summed E-state index contributed by atoms with van der Waals surface area (Å²) in [6.45, 7) is 6.16. The maximum Gasteiger partial charge on any atom is 0.252 e. The zero-order chi connectivity index (χ0) is 19.3. The number of hydrogen-bond donors (Lipinski definition) is 1. The Morgan fingerprint density at radius 1 is 1.46 bits per heavy atom. The molecule has 1 amide bonds. The van der Waals surface area contributed by atoms with Crippen LogP contribution >= 0.6 is 0 Å². The van der Waals surface area contributed by atoms with Crippen LogP contribution in [0.3, 0.4) is 0 Å². The van der Waals surface area contributed by atoms with Crippen molar-refractivity contribution < 1.29 is 9.53 Å². The van der Waals surface area contributed by atoms with Gasteiger partial charge >= 0.3 is 0 Å². The molecule has 146 valence electrons. The van der Waals surface area contributed by atoms with E-state index in [9.17, 15) is 9.59 Å². The third kappa shape index (κ3) is 5.54. The first-order chi connectivity index (χ1) is 12.3. The van der Waals surface area contributed by atoms with Gasteiger partial charge in [0.25, 0.3) is 5.56 Å². The molecule has 2 atom stereocenters. The molecule has 0 aromatic carbocycles. The standard InChI is InChI=1S/C18H31N5O3/c1-6-13(2)26-12-17(25)23-8-7-15(11-23)22(5)10-14-9-16(24)20-18(19-14)21(3)4/h9,13,15H,6-8,10-12H2,1-5H3,(H,19,20,24)/t13-,15-/m0/s1. The van der Waals surface area contributed by atoms with Crippen LogP contribution in [0.1, 0.15) is 32.4 Å². The lowest BCUT2D eigenvalue weighted by Gasteiger charge is -2.25. The van der Waals surface area contributed by atoms with Crippen LogP contribution in [-0.2, 0) is 16.1 Å². The Balaban J connectivity index is 1.90. The first kappa shape index (κ1) is 20.4. The van der Waals surface area contributed by atoms with Crippen LogP contribution < -0.4 is 10.5 Å². The highest BCUT2D eigenvalue weighted by molar-refractivity contribution is 5.77. The fourth-order valence-corrected chi connectivity index (χ4v) is 2.92. The first-order valence-electron chi connectivity index (χ1n) is 9.17. The van der Waals surface area contributed by atoms with Gasteiger partial charge in [0.15, 0.2) is 0 Å². The molecule has 1 N–H and O–H groups in total. The quantitative estimate of drug-likeness (QED) is 0.730. The molecule has 26 heavy (non-hydrogen) atoms. The van der Waals surface area contributed by atoms with E-state index in [0.717, 1.165) is 25.1 Å². The molecule has 1 aliphatic heterocycles. The minimum Gasteiger partial charge on any atom is -0.369 e. The number of nitrogens with one attached hydrogen (secondary N) is 1. The lowest BCUT2D eigenvalue weighted by atomic mass is 10.2. The van der Waals surface area contributed by atoms with E-state index in [0.29, 0.717) is 19.0 Å². The van der Waals surface area contributed by atoms with Gasteiger partial charge in [-0.1, -0.05) is 6.92 Å². The minimum absolute atomic E-state index is 0.0466. The summed E-state index contributed by atoms with van der Waals surface area (Å²) in [5.74, 6) is 0.594. The van der Waals surface area contributed by atoms with Gasteiger partial charge in [0, 0.05) is 45.8 Å². The number of anilines is 1. The van der Waals surface area contributed by atoms with Gasteiger partial charge in [0.1, 0.15) is 6.61 Å². The second-order valence-electron chi connectivity index (χ2n) is 7.18. The number of rotatable bonds is 8. The summed E-state index contributed by atoms with van der Waals surface area (Å²) in [6.07, 6.45) is 1.92. The molecule has 1 fully saturated rings. The van der Waals surface area contributed by atoms with E-state index in [1.807, 2.05) is 39.9 Å². The van der Waals surface area contributed by atoms with Crippen molar-refractivity contribution in [3.05, 3.63) is 22.1 Å². The van der Waals surface area contributed by atoms with Gasteiger partial charge in [-0.05, 0) is 26.8 Å². The molecule has 0 radical (unpaired) electrons. The van der Waals surface area contributed by atoms with Crippen LogP contribution in [0, 0.1) is 0 Å². The van der Waals surface area contributed by atoms with Crippen molar-refractivity contribution in [1.29, 1.82) is 0 Å². The summed E-state index contributed by atoms with van der Waals surface area (Å²) in [6, 6.07) is 1.79. The molecule has 0 spiro atoms. The fourth-order valence-electron chi connectivity index (χ4n) is 2.92. The number of carbonyl (C=O) groups is 1. The van der Waals surface area contributed by atoms with E-state index in [1.54, 1.807) is 4.90 Å². The van der Waals surface area contributed by atoms with Crippen LogP contribution in [-0.4, -0.2) is 78.7 Å². The number of carbonyl (C=O) groups excluding carboxylic acids is 1. The van der Waals surface area contributed by atoms with Gasteiger partial charge in [-0.2, -0.15) is 0 Å². The largest absolute Gasteiger partial charge is 0.369 e. The summed E-state index contributed by atoms with van der Waals surface area (Å²) in [7, 11) is 5.69. The predicted molar refractivity (Wildman–Crippen MR) is 101 cm³/mol. The second kappa shape index (κ2) is 9.14. The van der Waals surface area contributed by atoms with Crippen LogP contribution in [0.25, 0.3) is 0 Å². The Morgan fingerprint density at radius 2 is 2.19 bits per heavy atom. The van der Waals surface area contributed by atoms with E-state index in [1.165, 1.54) is 6.07 Å². The Kier molecular flexibility index (Phi) is 7.16. The smallest absolute Gasteiger partial charge is 0.252 e. The van der Waals surface area contributed by atoms with Crippen molar-refractivity contribution >= 4 is 11.9 Å². The zero-order valence-corrected chi connectivity index (χ0v) is 16.5. The van der Waals surface area contributed by atoms with Gasteiger partial charge in [0.2, 0.25) is 11.9 Å². The number of nitrogens with zero attached hydrogens (tertiary/aromatic N) is 4. The number of amides is 1. The van der Waals surface area contributed by atoms with Crippen molar-refractivity contribution in [1.82, 2.24) is 19.8 Å². The van der Waals surface area contributed by atoms with E-state index >= 15 is 0 Å². The normalized spacial score (nSPS) is 18.4. The Labute approximate surface area is 155 Å². The summed E-state index contributed by atoms with van der Waals surface area (Å²) >= 11 is 0. The summed E-state index contributed by atoms with van der Waals surface area (Å²) in [5.41, 5.74) is 0.572. The molecule has 2 heterocycles. The number of likely N-dealkylation sites (N-methyl/N-ethyl adjacent to an activating group) is 1. The summed E-state index contributed by atoms with van der Waals surface area (Å²) in [5, 5.41) is 0. The van der Waals surface area contributed by atoms with Crippen molar-refractivity contribution in [2.24, 2.45) is 0 Å².